The molecule has 2 aromatic heterocycles. The number of hydrogen-bond acceptors (Lipinski definition) is 4. The lowest BCUT2D eigenvalue weighted by Gasteiger charge is -2.14. The zero-order chi connectivity index (χ0) is 33.0. The molecule has 0 saturated heterocycles. The monoisotopic (exact) mass is 634 g/mol. The highest BCUT2D eigenvalue weighted by Crippen LogP contribution is 2.38. The fraction of sp³-hybridized carbons (Fsp3) is 0. The van der Waals surface area contributed by atoms with Crippen molar-refractivity contribution in [2.45, 2.75) is 0 Å². The highest BCUT2D eigenvalue weighted by molar-refractivity contribution is 6.14. The molecule has 4 heteroatoms. The van der Waals surface area contributed by atoms with Crippen LogP contribution in [-0.4, -0.2) is 19.9 Å². The first-order chi connectivity index (χ1) is 24.8. The van der Waals surface area contributed by atoms with E-state index in [4.69, 9.17) is 19.9 Å². The van der Waals surface area contributed by atoms with Gasteiger partial charge in [0.1, 0.15) is 0 Å². The van der Waals surface area contributed by atoms with E-state index in [-0.39, 0.29) is 0 Å². The summed E-state index contributed by atoms with van der Waals surface area (Å²) in [6.45, 7) is 0. The summed E-state index contributed by atoms with van der Waals surface area (Å²) in [6.07, 6.45) is 1.87. The van der Waals surface area contributed by atoms with Gasteiger partial charge in [0.25, 0.3) is 0 Å². The van der Waals surface area contributed by atoms with E-state index >= 15 is 0 Å². The fourth-order valence-electron chi connectivity index (χ4n) is 7.21. The van der Waals surface area contributed by atoms with Crippen LogP contribution in [0.25, 0.3) is 99.3 Å². The largest absolute Gasteiger partial charge is 0.256 e. The number of pyridine rings is 1. The van der Waals surface area contributed by atoms with Crippen molar-refractivity contribution in [2.75, 3.05) is 0 Å². The third-order valence-corrected chi connectivity index (χ3v) is 9.60. The first kappa shape index (κ1) is 28.1. The van der Waals surface area contributed by atoms with E-state index in [2.05, 4.69) is 152 Å². The molecular formula is C46H26N4. The van der Waals surface area contributed by atoms with E-state index in [9.17, 15) is 0 Å². The predicted octanol–water partition coefficient (Wildman–Crippen LogP) is 11.3. The van der Waals surface area contributed by atoms with Crippen LogP contribution >= 0.6 is 0 Å². The van der Waals surface area contributed by atoms with Crippen LogP contribution < -0.4 is 0 Å². The standard InChI is InChI=1S/C46H26N4/c1-6-16-36-29(11-1)25-26-47-43(36)30-21-23-31(24-22-30)44-48-45(41-27-32-12-2-4-14-34(32)37-17-7-9-19-39(37)41)50-46(49-44)42-28-33-13-3-5-15-35(33)38-18-8-10-20-40(38)42/h1-7,9-17,19-28H. The zero-order valence-corrected chi connectivity index (χ0v) is 26.8. The molecule has 0 aliphatic heterocycles. The fourth-order valence-corrected chi connectivity index (χ4v) is 7.21. The molecule has 4 nitrogen and oxygen atoms in total. The van der Waals surface area contributed by atoms with Crippen molar-refractivity contribution < 1.29 is 0 Å². The van der Waals surface area contributed by atoms with Gasteiger partial charge in [-0.3, -0.25) is 4.98 Å². The van der Waals surface area contributed by atoms with Gasteiger partial charge in [0.2, 0.25) is 0 Å². The molecule has 0 fully saturated rings. The molecule has 0 aliphatic carbocycles. The summed E-state index contributed by atoms with van der Waals surface area (Å²) in [7, 11) is 0. The highest BCUT2D eigenvalue weighted by Gasteiger charge is 2.18. The van der Waals surface area contributed by atoms with Crippen LogP contribution in [0.4, 0.5) is 0 Å². The average molecular weight is 635 g/mol. The van der Waals surface area contributed by atoms with E-state index in [1.54, 1.807) is 0 Å². The topological polar surface area (TPSA) is 51.6 Å². The van der Waals surface area contributed by atoms with Gasteiger partial charge < -0.3 is 0 Å². The molecule has 0 bridgehead atoms. The van der Waals surface area contributed by atoms with Crippen molar-refractivity contribution in [3.63, 3.8) is 0 Å². The Labute approximate surface area is 288 Å². The summed E-state index contributed by atoms with van der Waals surface area (Å²) in [5.41, 5.74) is 4.77. The normalized spacial score (nSPS) is 11.4. The molecule has 8 aromatic carbocycles. The van der Waals surface area contributed by atoms with Gasteiger partial charge in [-0.15, -0.1) is 0 Å². The molecule has 0 radical (unpaired) electrons. The van der Waals surface area contributed by atoms with Crippen LogP contribution in [0.15, 0.2) is 158 Å². The molecule has 0 atom stereocenters. The molecule has 0 amide bonds. The van der Waals surface area contributed by atoms with Crippen LogP contribution in [0.2, 0.25) is 0 Å². The third kappa shape index (κ3) is 4.57. The summed E-state index contributed by atoms with van der Waals surface area (Å²) in [5, 5.41) is 11.1. The Morgan fingerprint density at radius 1 is 0.400 bits per heavy atom. The quantitative estimate of drug-likeness (QED) is 0.181. The molecule has 2 heterocycles. The minimum absolute atomic E-state index is 0.604. The Bertz CT molecular complexity index is 2790. The van der Waals surface area contributed by atoms with Crippen LogP contribution in [0.5, 0.6) is 0 Å². The van der Waals surface area contributed by atoms with Crippen LogP contribution in [0.1, 0.15) is 0 Å². The van der Waals surface area contributed by atoms with Crippen LogP contribution in [-0.2, 0) is 0 Å². The van der Waals surface area contributed by atoms with Gasteiger partial charge in [0.15, 0.2) is 17.5 Å². The second-order valence-electron chi connectivity index (χ2n) is 12.5. The summed E-state index contributed by atoms with van der Waals surface area (Å²) >= 11 is 0. The van der Waals surface area contributed by atoms with Crippen molar-refractivity contribution in [3.05, 3.63) is 170 Å². The molecule has 0 N–H and O–H groups in total. The minimum atomic E-state index is 0.604. The molecule has 0 unspecified atom stereocenters. The van der Waals surface area contributed by atoms with Gasteiger partial charge in [0, 0.05) is 44.6 Å². The third-order valence-electron chi connectivity index (χ3n) is 9.60. The molecular weight excluding hydrogens is 609 g/mol. The van der Waals surface area contributed by atoms with Gasteiger partial charge >= 0.3 is 0 Å². The molecule has 50 heavy (non-hydrogen) atoms. The number of fused-ring (bicyclic) bond motifs is 7. The SMILES string of the molecule is c1ccc2c(-c3nc(-c4ccc(-c5nccc6ccccc56)cc4)nc(-c4cc5ccccc5c5ccccc45)n3)cc3ccccc3c2c#1. The van der Waals surface area contributed by atoms with Crippen molar-refractivity contribution >= 4 is 53.9 Å². The van der Waals surface area contributed by atoms with E-state index in [1.165, 1.54) is 5.39 Å². The number of rotatable bonds is 4. The number of benzene rings is 7. The van der Waals surface area contributed by atoms with Gasteiger partial charge in [0.05, 0.1) is 5.69 Å². The van der Waals surface area contributed by atoms with Gasteiger partial charge in [-0.1, -0.05) is 133 Å². The maximum absolute atomic E-state index is 5.26. The van der Waals surface area contributed by atoms with Gasteiger partial charge in [-0.05, 0) is 68.0 Å². The Hall–Kier alpha value is -6.96. The van der Waals surface area contributed by atoms with E-state index in [0.29, 0.717) is 17.5 Å². The van der Waals surface area contributed by atoms with Crippen molar-refractivity contribution in [2.24, 2.45) is 0 Å². The summed E-state index contributed by atoms with van der Waals surface area (Å²) in [4.78, 5) is 20.4. The van der Waals surface area contributed by atoms with Gasteiger partial charge in [-0.25, -0.2) is 15.0 Å². The molecule has 230 valence electrons. The van der Waals surface area contributed by atoms with E-state index in [0.717, 1.165) is 76.4 Å². The summed E-state index contributed by atoms with van der Waals surface area (Å²) in [6, 6.07) is 59.0. The van der Waals surface area contributed by atoms with Crippen molar-refractivity contribution in [3.8, 4) is 45.4 Å². The second kappa shape index (κ2) is 11.3. The van der Waals surface area contributed by atoms with E-state index in [1.807, 2.05) is 18.3 Å². The van der Waals surface area contributed by atoms with Crippen LogP contribution in [0, 0.1) is 12.1 Å². The average Bonchev–Trinajstić information content (AvgIpc) is 3.20. The Kier molecular flexibility index (Phi) is 6.37. The first-order valence-corrected chi connectivity index (χ1v) is 16.6. The van der Waals surface area contributed by atoms with Crippen molar-refractivity contribution in [1.82, 2.24) is 19.9 Å². The first-order valence-electron chi connectivity index (χ1n) is 16.6. The summed E-state index contributed by atoms with van der Waals surface area (Å²) < 4.78 is 0. The molecule has 0 saturated carbocycles. The molecule has 10 rings (SSSR count). The minimum Gasteiger partial charge on any atom is -0.256 e. The Balaban J connectivity index is 1.22. The highest BCUT2D eigenvalue weighted by atomic mass is 15.0. The number of nitrogens with zero attached hydrogens (tertiary/aromatic N) is 4. The van der Waals surface area contributed by atoms with Gasteiger partial charge in [-0.2, -0.15) is 0 Å². The molecule has 0 aliphatic rings. The van der Waals surface area contributed by atoms with Crippen LogP contribution in [0.3, 0.4) is 0 Å². The van der Waals surface area contributed by atoms with Crippen molar-refractivity contribution in [1.29, 1.82) is 0 Å². The zero-order valence-electron chi connectivity index (χ0n) is 26.8. The Morgan fingerprint density at radius 3 is 1.72 bits per heavy atom. The second-order valence-corrected chi connectivity index (χ2v) is 12.5. The maximum atomic E-state index is 5.26. The lowest BCUT2D eigenvalue weighted by atomic mass is 9.96. The predicted molar refractivity (Wildman–Crippen MR) is 205 cm³/mol. The number of aromatic nitrogens is 4. The molecule has 10 aromatic rings. The lowest BCUT2D eigenvalue weighted by molar-refractivity contribution is 1.08. The lowest BCUT2D eigenvalue weighted by Crippen LogP contribution is -2.01. The summed E-state index contributed by atoms with van der Waals surface area (Å²) in [5.74, 6) is 1.84. The smallest absolute Gasteiger partial charge is 0.164 e. The molecule has 0 spiro atoms. The van der Waals surface area contributed by atoms with E-state index < -0.39 is 0 Å². The Morgan fingerprint density at radius 2 is 0.960 bits per heavy atom. The maximum Gasteiger partial charge on any atom is 0.164 e. The number of hydrogen-bond donors (Lipinski definition) is 0.